The molecule has 0 fully saturated rings. The molecule has 6 nitrogen and oxygen atoms in total. The zero-order chi connectivity index (χ0) is 19.3. The van der Waals surface area contributed by atoms with Crippen LogP contribution in [-0.2, 0) is 22.4 Å². The molecule has 6 heteroatoms. The Balaban J connectivity index is 1.29. The highest BCUT2D eigenvalue weighted by Gasteiger charge is 2.19. The predicted octanol–water partition coefficient (Wildman–Crippen LogP) is 3.28. The van der Waals surface area contributed by atoms with E-state index in [9.17, 15) is 9.59 Å². The van der Waals surface area contributed by atoms with Gasteiger partial charge in [-0.15, -0.1) is 0 Å². The van der Waals surface area contributed by atoms with E-state index in [1.54, 1.807) is 12.1 Å². The zero-order valence-electron chi connectivity index (χ0n) is 15.3. The molecule has 0 atom stereocenters. The van der Waals surface area contributed by atoms with Crippen LogP contribution in [0.3, 0.4) is 0 Å². The number of fused-ring (bicyclic) bond motifs is 3. The maximum absolute atomic E-state index is 12.1. The van der Waals surface area contributed by atoms with Gasteiger partial charge in [-0.1, -0.05) is 18.2 Å². The number of benzene rings is 2. The van der Waals surface area contributed by atoms with Gasteiger partial charge >= 0.3 is 11.6 Å². The fourth-order valence-electron chi connectivity index (χ4n) is 3.37. The van der Waals surface area contributed by atoms with E-state index in [1.165, 1.54) is 0 Å². The van der Waals surface area contributed by atoms with E-state index in [0.29, 0.717) is 11.3 Å². The minimum Gasteiger partial charge on any atom is -0.490 e. The van der Waals surface area contributed by atoms with Crippen molar-refractivity contribution in [2.75, 3.05) is 19.8 Å². The lowest BCUT2D eigenvalue weighted by atomic mass is 10.1. The second kappa shape index (κ2) is 8.17. The molecule has 0 spiro atoms. The third kappa shape index (κ3) is 4.01. The molecule has 1 aliphatic carbocycles. The largest absolute Gasteiger partial charge is 0.490 e. The summed E-state index contributed by atoms with van der Waals surface area (Å²) in [7, 11) is 0. The molecule has 3 aromatic rings. The predicted molar refractivity (Wildman–Crippen MR) is 103 cm³/mol. The topological polar surface area (TPSA) is 75.0 Å². The fraction of sp³-hybridized carbons (Fsp3) is 0.273. The lowest BCUT2D eigenvalue weighted by Gasteiger charge is -2.09. The van der Waals surface area contributed by atoms with Crippen molar-refractivity contribution in [3.8, 4) is 11.5 Å². The molecule has 0 N–H and O–H groups in total. The SMILES string of the molecule is O=C(COc1ccc2c3c(c(=O)oc2c1)CCC3)OCCOc1ccccc1. The summed E-state index contributed by atoms with van der Waals surface area (Å²) < 4.78 is 21.4. The summed E-state index contributed by atoms with van der Waals surface area (Å²) in [5.74, 6) is 0.678. The molecule has 0 saturated heterocycles. The van der Waals surface area contributed by atoms with Crippen molar-refractivity contribution in [2.24, 2.45) is 0 Å². The van der Waals surface area contributed by atoms with Gasteiger partial charge in [-0.3, -0.25) is 0 Å². The summed E-state index contributed by atoms with van der Waals surface area (Å²) in [6.45, 7) is 0.170. The van der Waals surface area contributed by atoms with Crippen molar-refractivity contribution < 1.29 is 23.4 Å². The van der Waals surface area contributed by atoms with Gasteiger partial charge in [0.1, 0.15) is 30.3 Å². The molecule has 1 heterocycles. The summed E-state index contributed by atoms with van der Waals surface area (Å²) in [4.78, 5) is 23.9. The van der Waals surface area contributed by atoms with Crippen molar-refractivity contribution in [3.63, 3.8) is 0 Å². The molecule has 1 aromatic heterocycles. The van der Waals surface area contributed by atoms with Crippen LogP contribution in [0.1, 0.15) is 17.5 Å². The number of rotatable bonds is 7. The van der Waals surface area contributed by atoms with Crippen LogP contribution in [0.2, 0.25) is 0 Å². The minimum absolute atomic E-state index is 0.135. The van der Waals surface area contributed by atoms with Crippen LogP contribution in [0.25, 0.3) is 11.0 Å². The number of hydrogen-bond acceptors (Lipinski definition) is 6. The van der Waals surface area contributed by atoms with Crippen molar-refractivity contribution in [3.05, 3.63) is 70.1 Å². The van der Waals surface area contributed by atoms with Crippen LogP contribution in [0.4, 0.5) is 0 Å². The van der Waals surface area contributed by atoms with Crippen LogP contribution in [0, 0.1) is 0 Å². The molecule has 0 unspecified atom stereocenters. The molecule has 0 amide bonds. The van der Waals surface area contributed by atoms with Gasteiger partial charge in [-0.25, -0.2) is 9.59 Å². The summed E-state index contributed by atoms with van der Waals surface area (Å²) >= 11 is 0. The molecule has 28 heavy (non-hydrogen) atoms. The van der Waals surface area contributed by atoms with E-state index in [-0.39, 0.29) is 25.4 Å². The maximum Gasteiger partial charge on any atom is 0.344 e. The zero-order valence-corrected chi connectivity index (χ0v) is 15.3. The summed E-state index contributed by atoms with van der Waals surface area (Å²) in [5, 5.41) is 0.931. The molecule has 144 valence electrons. The van der Waals surface area contributed by atoms with E-state index >= 15 is 0 Å². The van der Waals surface area contributed by atoms with Crippen LogP contribution in [-0.4, -0.2) is 25.8 Å². The Kier molecular flexibility index (Phi) is 5.28. The van der Waals surface area contributed by atoms with Gasteiger partial charge in [-0.2, -0.15) is 0 Å². The van der Waals surface area contributed by atoms with Gasteiger partial charge in [-0.05, 0) is 49.1 Å². The number of ether oxygens (including phenoxy) is 3. The number of aryl methyl sites for hydroxylation is 1. The highest BCUT2D eigenvalue weighted by Crippen LogP contribution is 2.29. The van der Waals surface area contributed by atoms with Gasteiger partial charge < -0.3 is 18.6 Å². The lowest BCUT2D eigenvalue weighted by molar-refractivity contribution is -0.146. The van der Waals surface area contributed by atoms with Crippen molar-refractivity contribution in [1.29, 1.82) is 0 Å². The monoisotopic (exact) mass is 380 g/mol. The third-order valence-corrected chi connectivity index (χ3v) is 4.66. The molecule has 0 aliphatic heterocycles. The van der Waals surface area contributed by atoms with Crippen molar-refractivity contribution >= 4 is 16.9 Å². The van der Waals surface area contributed by atoms with E-state index < -0.39 is 5.97 Å². The molecule has 4 rings (SSSR count). The average molecular weight is 380 g/mol. The van der Waals surface area contributed by atoms with Crippen LogP contribution in [0.15, 0.2) is 57.7 Å². The van der Waals surface area contributed by atoms with E-state index in [2.05, 4.69) is 0 Å². The summed E-state index contributed by atoms with van der Waals surface area (Å²) in [6.07, 6.45) is 2.62. The van der Waals surface area contributed by atoms with Crippen molar-refractivity contribution in [2.45, 2.75) is 19.3 Å². The molecule has 0 bridgehead atoms. The Morgan fingerprint density at radius 2 is 1.75 bits per heavy atom. The second-order valence-electron chi connectivity index (χ2n) is 6.53. The lowest BCUT2D eigenvalue weighted by Crippen LogP contribution is -2.18. The normalized spacial score (nSPS) is 12.6. The smallest absolute Gasteiger partial charge is 0.344 e. The first-order chi connectivity index (χ1) is 13.7. The maximum atomic E-state index is 12.1. The molecule has 2 aromatic carbocycles. The Morgan fingerprint density at radius 3 is 2.61 bits per heavy atom. The highest BCUT2D eigenvalue weighted by molar-refractivity contribution is 5.83. The number of para-hydroxylation sites is 1. The van der Waals surface area contributed by atoms with Gasteiger partial charge in [0.05, 0.1) is 0 Å². The minimum atomic E-state index is -0.493. The quantitative estimate of drug-likeness (QED) is 0.356. The molecular formula is C22H20O6. The van der Waals surface area contributed by atoms with E-state index in [4.69, 9.17) is 18.6 Å². The molecule has 0 radical (unpaired) electrons. The Morgan fingerprint density at radius 1 is 0.929 bits per heavy atom. The number of esters is 1. The summed E-state index contributed by atoms with van der Waals surface area (Å²) in [5.41, 5.74) is 2.04. The third-order valence-electron chi connectivity index (χ3n) is 4.66. The van der Waals surface area contributed by atoms with Gasteiger partial charge in [0, 0.05) is 17.0 Å². The molecule has 1 aliphatic rings. The van der Waals surface area contributed by atoms with E-state index in [0.717, 1.165) is 41.5 Å². The Labute approximate surface area is 161 Å². The summed E-state index contributed by atoms with van der Waals surface area (Å²) in [6, 6.07) is 14.6. The first-order valence-corrected chi connectivity index (χ1v) is 9.25. The van der Waals surface area contributed by atoms with Gasteiger partial charge in [0.25, 0.3) is 0 Å². The number of hydrogen-bond donors (Lipinski definition) is 0. The Hall–Kier alpha value is -3.28. The standard InChI is InChI=1S/C22H20O6/c23-21(26-12-11-25-15-5-2-1-3-6-15)14-27-16-9-10-18-17-7-4-8-19(17)22(24)28-20(18)13-16/h1-3,5-6,9-10,13H,4,7-8,11-12,14H2. The van der Waals surface area contributed by atoms with Crippen LogP contribution in [0.5, 0.6) is 11.5 Å². The van der Waals surface area contributed by atoms with Gasteiger partial charge in [0.15, 0.2) is 6.61 Å². The van der Waals surface area contributed by atoms with Crippen LogP contribution < -0.4 is 15.1 Å². The molecular weight excluding hydrogens is 360 g/mol. The first kappa shape index (κ1) is 18.1. The Bertz CT molecular complexity index is 1040. The van der Waals surface area contributed by atoms with Crippen LogP contribution >= 0.6 is 0 Å². The fourth-order valence-corrected chi connectivity index (χ4v) is 3.37. The number of carbonyl (C=O) groups is 1. The van der Waals surface area contributed by atoms with E-state index in [1.807, 2.05) is 36.4 Å². The second-order valence-corrected chi connectivity index (χ2v) is 6.53. The highest BCUT2D eigenvalue weighted by atomic mass is 16.6. The number of carbonyl (C=O) groups excluding carboxylic acids is 1. The first-order valence-electron chi connectivity index (χ1n) is 9.25. The van der Waals surface area contributed by atoms with Gasteiger partial charge in [0.2, 0.25) is 0 Å². The van der Waals surface area contributed by atoms with Crippen molar-refractivity contribution in [1.82, 2.24) is 0 Å². The molecule has 0 saturated carbocycles. The average Bonchev–Trinajstić information content (AvgIpc) is 3.21.